The average molecular weight is 371 g/mol. The van der Waals surface area contributed by atoms with Crippen molar-refractivity contribution in [2.45, 2.75) is 46.1 Å². The smallest absolute Gasteiger partial charge is 0.203 e. The maximum Gasteiger partial charge on any atom is 0.203 e. The van der Waals surface area contributed by atoms with Crippen molar-refractivity contribution in [3.63, 3.8) is 0 Å². The van der Waals surface area contributed by atoms with E-state index in [1.165, 1.54) is 11.1 Å². The summed E-state index contributed by atoms with van der Waals surface area (Å²) in [4.78, 5) is 0. The van der Waals surface area contributed by atoms with E-state index >= 15 is 0 Å². The minimum Gasteiger partial charge on any atom is -0.493 e. The number of ether oxygens (including phenoxy) is 4. The molecule has 0 saturated heterocycles. The van der Waals surface area contributed by atoms with Crippen molar-refractivity contribution in [1.82, 2.24) is 5.32 Å². The third kappa shape index (κ3) is 5.62. The van der Waals surface area contributed by atoms with Gasteiger partial charge in [-0.3, -0.25) is 0 Å². The molecule has 146 valence electrons. The molecular formula is C22H29NO4. The van der Waals surface area contributed by atoms with E-state index in [1.54, 1.807) is 7.11 Å². The quantitative estimate of drug-likeness (QED) is 0.795. The molecule has 1 heterocycles. The first kappa shape index (κ1) is 19.5. The van der Waals surface area contributed by atoms with Crippen molar-refractivity contribution in [2.75, 3.05) is 20.3 Å². The lowest BCUT2D eigenvalue weighted by Gasteiger charge is -2.21. The van der Waals surface area contributed by atoms with Crippen molar-refractivity contribution in [3.8, 4) is 17.2 Å². The zero-order valence-electron chi connectivity index (χ0n) is 16.6. The predicted octanol–water partition coefficient (Wildman–Crippen LogP) is 4.07. The summed E-state index contributed by atoms with van der Waals surface area (Å²) in [6, 6.07) is 12.5. The van der Waals surface area contributed by atoms with Crippen LogP contribution in [0.3, 0.4) is 0 Å². The van der Waals surface area contributed by atoms with Gasteiger partial charge in [0.2, 0.25) is 5.75 Å². The Kier molecular flexibility index (Phi) is 6.24. The van der Waals surface area contributed by atoms with Gasteiger partial charge in [0.1, 0.15) is 13.2 Å². The van der Waals surface area contributed by atoms with Crippen LogP contribution in [0.25, 0.3) is 0 Å². The monoisotopic (exact) mass is 371 g/mol. The van der Waals surface area contributed by atoms with Crippen molar-refractivity contribution in [2.24, 2.45) is 0 Å². The molecule has 0 unspecified atom stereocenters. The maximum absolute atomic E-state index is 5.86. The first-order chi connectivity index (χ1) is 12.9. The van der Waals surface area contributed by atoms with Crippen LogP contribution in [0.1, 0.15) is 37.5 Å². The maximum atomic E-state index is 5.86. The van der Waals surface area contributed by atoms with E-state index in [2.05, 4.69) is 50.4 Å². The Labute approximate surface area is 161 Å². The van der Waals surface area contributed by atoms with Crippen molar-refractivity contribution in [3.05, 3.63) is 53.1 Å². The standard InChI is InChI=1S/C22H29NO4/c1-22(2,3)27-15-17-7-5-6-16(10-17)13-23-14-18-11-19(24-4)21-20(12-18)25-8-9-26-21/h5-7,10-12,23H,8-9,13-15H2,1-4H3. The van der Waals surface area contributed by atoms with E-state index in [-0.39, 0.29) is 5.60 Å². The van der Waals surface area contributed by atoms with Gasteiger partial charge in [0.05, 0.1) is 19.3 Å². The molecule has 27 heavy (non-hydrogen) atoms. The fourth-order valence-electron chi connectivity index (χ4n) is 2.91. The van der Waals surface area contributed by atoms with Gasteiger partial charge in [-0.05, 0) is 49.6 Å². The third-order valence-corrected chi connectivity index (χ3v) is 4.21. The van der Waals surface area contributed by atoms with Gasteiger partial charge in [-0.25, -0.2) is 0 Å². The van der Waals surface area contributed by atoms with Crippen LogP contribution >= 0.6 is 0 Å². The highest BCUT2D eigenvalue weighted by Gasteiger charge is 2.18. The molecular weight excluding hydrogens is 342 g/mol. The minimum atomic E-state index is -0.133. The van der Waals surface area contributed by atoms with Gasteiger partial charge in [-0.1, -0.05) is 24.3 Å². The lowest BCUT2D eigenvalue weighted by atomic mass is 10.1. The zero-order chi connectivity index (χ0) is 19.3. The number of methoxy groups -OCH3 is 1. The van der Waals surface area contributed by atoms with Crippen molar-refractivity contribution >= 4 is 0 Å². The molecule has 5 heteroatoms. The largest absolute Gasteiger partial charge is 0.493 e. The Hall–Kier alpha value is -2.24. The second-order valence-electron chi connectivity index (χ2n) is 7.65. The molecule has 5 nitrogen and oxygen atoms in total. The summed E-state index contributed by atoms with van der Waals surface area (Å²) in [5, 5.41) is 3.48. The van der Waals surface area contributed by atoms with Crippen LogP contribution in [-0.4, -0.2) is 25.9 Å². The Balaban J connectivity index is 1.58. The molecule has 0 fully saturated rings. The number of fused-ring (bicyclic) bond motifs is 1. The highest BCUT2D eigenvalue weighted by atomic mass is 16.6. The highest BCUT2D eigenvalue weighted by molar-refractivity contribution is 5.54. The average Bonchev–Trinajstić information content (AvgIpc) is 2.65. The molecule has 0 saturated carbocycles. The molecule has 2 aromatic carbocycles. The minimum absolute atomic E-state index is 0.133. The number of rotatable bonds is 7. The summed E-state index contributed by atoms with van der Waals surface area (Å²) in [5.74, 6) is 2.16. The summed E-state index contributed by atoms with van der Waals surface area (Å²) >= 11 is 0. The van der Waals surface area contributed by atoms with E-state index in [4.69, 9.17) is 18.9 Å². The zero-order valence-corrected chi connectivity index (χ0v) is 16.6. The molecule has 1 aliphatic rings. The summed E-state index contributed by atoms with van der Waals surface area (Å²) in [7, 11) is 1.65. The molecule has 0 spiro atoms. The number of benzene rings is 2. The molecule has 3 rings (SSSR count). The first-order valence-corrected chi connectivity index (χ1v) is 9.33. The van der Waals surface area contributed by atoms with Crippen LogP contribution in [0, 0.1) is 0 Å². The van der Waals surface area contributed by atoms with Crippen LogP contribution in [0.2, 0.25) is 0 Å². The Bertz CT molecular complexity index is 750. The van der Waals surface area contributed by atoms with Gasteiger partial charge in [-0.2, -0.15) is 0 Å². The fraction of sp³-hybridized carbons (Fsp3) is 0.455. The van der Waals surface area contributed by atoms with E-state index in [9.17, 15) is 0 Å². The summed E-state index contributed by atoms with van der Waals surface area (Å²) < 4.78 is 22.7. The van der Waals surface area contributed by atoms with Gasteiger partial charge in [0, 0.05) is 13.1 Å². The van der Waals surface area contributed by atoms with E-state index < -0.39 is 0 Å². The van der Waals surface area contributed by atoms with Crippen LogP contribution < -0.4 is 19.5 Å². The predicted molar refractivity (Wildman–Crippen MR) is 106 cm³/mol. The molecule has 0 atom stereocenters. The second-order valence-corrected chi connectivity index (χ2v) is 7.65. The van der Waals surface area contributed by atoms with Crippen molar-refractivity contribution in [1.29, 1.82) is 0 Å². The fourth-order valence-corrected chi connectivity index (χ4v) is 2.91. The van der Waals surface area contributed by atoms with E-state index in [0.717, 1.165) is 24.4 Å². The van der Waals surface area contributed by atoms with Crippen LogP contribution in [0.5, 0.6) is 17.2 Å². The normalized spacial score (nSPS) is 13.5. The van der Waals surface area contributed by atoms with E-state index in [0.29, 0.717) is 31.3 Å². The summed E-state index contributed by atoms with van der Waals surface area (Å²) in [6.45, 7) is 9.44. The van der Waals surface area contributed by atoms with Crippen molar-refractivity contribution < 1.29 is 18.9 Å². The highest BCUT2D eigenvalue weighted by Crippen LogP contribution is 2.40. The number of hydrogen-bond donors (Lipinski definition) is 1. The first-order valence-electron chi connectivity index (χ1n) is 9.33. The third-order valence-electron chi connectivity index (χ3n) is 4.21. The topological polar surface area (TPSA) is 49.0 Å². The lowest BCUT2D eigenvalue weighted by Crippen LogP contribution is -2.19. The SMILES string of the molecule is COc1cc(CNCc2cccc(COC(C)(C)C)c2)cc2c1OCCO2. The van der Waals surface area contributed by atoms with Crippen LogP contribution in [0.4, 0.5) is 0 Å². The Morgan fingerprint density at radius 3 is 2.48 bits per heavy atom. The molecule has 0 aliphatic carbocycles. The Morgan fingerprint density at radius 2 is 1.70 bits per heavy atom. The van der Waals surface area contributed by atoms with E-state index in [1.807, 2.05) is 12.1 Å². The van der Waals surface area contributed by atoms with Gasteiger partial charge in [0.15, 0.2) is 11.5 Å². The van der Waals surface area contributed by atoms with Crippen LogP contribution in [0.15, 0.2) is 36.4 Å². The number of nitrogens with one attached hydrogen (secondary N) is 1. The van der Waals surface area contributed by atoms with Gasteiger partial charge < -0.3 is 24.3 Å². The lowest BCUT2D eigenvalue weighted by molar-refractivity contribution is -0.0149. The van der Waals surface area contributed by atoms with Gasteiger partial charge >= 0.3 is 0 Å². The summed E-state index contributed by atoms with van der Waals surface area (Å²) in [5.41, 5.74) is 3.38. The van der Waals surface area contributed by atoms with Crippen LogP contribution in [-0.2, 0) is 24.4 Å². The summed E-state index contributed by atoms with van der Waals surface area (Å²) in [6.07, 6.45) is 0. The molecule has 0 aromatic heterocycles. The molecule has 0 bridgehead atoms. The molecule has 0 amide bonds. The number of hydrogen-bond acceptors (Lipinski definition) is 5. The molecule has 0 radical (unpaired) electrons. The van der Waals surface area contributed by atoms with Gasteiger partial charge in [-0.15, -0.1) is 0 Å². The Morgan fingerprint density at radius 1 is 0.963 bits per heavy atom. The van der Waals surface area contributed by atoms with Gasteiger partial charge in [0.25, 0.3) is 0 Å². The molecule has 2 aromatic rings. The molecule has 1 N–H and O–H groups in total. The second kappa shape index (κ2) is 8.63. The molecule has 1 aliphatic heterocycles.